The van der Waals surface area contributed by atoms with Gasteiger partial charge in [0, 0.05) is 32.0 Å². The quantitative estimate of drug-likeness (QED) is 0.780. The Hall–Kier alpha value is -0.820. The lowest BCUT2D eigenvalue weighted by Gasteiger charge is -2.25. The number of hydrogen-bond acceptors (Lipinski definition) is 3. The highest BCUT2D eigenvalue weighted by Crippen LogP contribution is 2.22. The zero-order valence-corrected chi connectivity index (χ0v) is 11.4. The number of carbonyl (C=O) groups excluding carboxylic acids is 1. The molecule has 7 heteroatoms. The number of nitrogens with zero attached hydrogens (tertiary/aromatic N) is 2. The zero-order chi connectivity index (χ0) is 14.5. The first kappa shape index (κ1) is 16.2. The highest BCUT2D eigenvalue weighted by Gasteiger charge is 2.30. The minimum atomic E-state index is -4.28. The van der Waals surface area contributed by atoms with Crippen LogP contribution in [0, 0.1) is 5.92 Å². The lowest BCUT2D eigenvalue weighted by Crippen LogP contribution is -2.39. The first-order valence-electron chi connectivity index (χ1n) is 6.35. The van der Waals surface area contributed by atoms with Gasteiger partial charge < -0.3 is 14.5 Å². The normalized spacial score (nSPS) is 21.6. The summed E-state index contributed by atoms with van der Waals surface area (Å²) in [6.45, 7) is 2.53. The molecule has 1 atom stereocenters. The second-order valence-corrected chi connectivity index (χ2v) is 5.16. The van der Waals surface area contributed by atoms with E-state index in [2.05, 4.69) is 0 Å². The lowest BCUT2D eigenvalue weighted by molar-refractivity contribution is -0.149. The maximum atomic E-state index is 12.1. The van der Waals surface area contributed by atoms with Gasteiger partial charge in [0.2, 0.25) is 5.91 Å². The average molecular weight is 282 g/mol. The van der Waals surface area contributed by atoms with Crippen molar-refractivity contribution in [3.63, 3.8) is 0 Å². The summed E-state index contributed by atoms with van der Waals surface area (Å²) in [4.78, 5) is 15.3. The largest absolute Gasteiger partial charge is 0.389 e. The molecular weight excluding hydrogens is 261 g/mol. The van der Waals surface area contributed by atoms with Gasteiger partial charge in [-0.05, 0) is 14.1 Å². The first-order valence-corrected chi connectivity index (χ1v) is 6.35. The van der Waals surface area contributed by atoms with Gasteiger partial charge in [-0.1, -0.05) is 0 Å². The third-order valence-corrected chi connectivity index (χ3v) is 2.94. The molecule has 1 rings (SSSR count). The molecule has 0 saturated carbocycles. The van der Waals surface area contributed by atoms with Crippen LogP contribution >= 0.6 is 0 Å². The van der Waals surface area contributed by atoms with Gasteiger partial charge in [-0.3, -0.25) is 4.79 Å². The van der Waals surface area contributed by atoms with Gasteiger partial charge in [0.15, 0.2) is 0 Å². The lowest BCUT2D eigenvalue weighted by atomic mass is 10.1. The van der Waals surface area contributed by atoms with Crippen molar-refractivity contribution in [1.82, 2.24) is 9.80 Å². The van der Waals surface area contributed by atoms with Gasteiger partial charge in [0.25, 0.3) is 0 Å². The summed E-state index contributed by atoms with van der Waals surface area (Å²) in [6.07, 6.45) is -5.80. The summed E-state index contributed by atoms with van der Waals surface area (Å²) >= 11 is 0. The van der Waals surface area contributed by atoms with Crippen molar-refractivity contribution in [3.8, 4) is 0 Å². The number of alkyl halides is 3. The molecule has 1 amide bonds. The van der Waals surface area contributed by atoms with E-state index in [4.69, 9.17) is 4.74 Å². The summed E-state index contributed by atoms with van der Waals surface area (Å²) in [5.41, 5.74) is 0. The Morgan fingerprint density at radius 2 is 2.11 bits per heavy atom. The predicted molar refractivity (Wildman–Crippen MR) is 64.7 cm³/mol. The second-order valence-electron chi connectivity index (χ2n) is 5.16. The Bertz CT molecular complexity index is 295. The summed E-state index contributed by atoms with van der Waals surface area (Å²) in [5.74, 6) is -0.293. The molecule has 0 aromatic rings. The molecular formula is C12H21F3N2O2. The third kappa shape index (κ3) is 6.77. The molecule has 1 aliphatic rings. The van der Waals surface area contributed by atoms with Gasteiger partial charge in [-0.25, -0.2) is 0 Å². The van der Waals surface area contributed by atoms with E-state index >= 15 is 0 Å². The minimum Gasteiger partial charge on any atom is -0.379 e. The van der Waals surface area contributed by atoms with Crippen LogP contribution in [0.1, 0.15) is 12.8 Å². The second kappa shape index (κ2) is 7.09. The molecule has 4 nitrogen and oxygen atoms in total. The molecule has 1 saturated heterocycles. The molecule has 0 unspecified atom stereocenters. The van der Waals surface area contributed by atoms with Crippen molar-refractivity contribution >= 4 is 5.91 Å². The molecule has 0 radical (unpaired) electrons. The molecule has 1 heterocycles. The SMILES string of the molecule is CN(C)C[C@H]1COCCN(C(=O)CCC(F)(F)F)C1. The maximum Gasteiger partial charge on any atom is 0.389 e. The Morgan fingerprint density at radius 1 is 1.42 bits per heavy atom. The average Bonchev–Trinajstić information content (AvgIpc) is 2.49. The van der Waals surface area contributed by atoms with E-state index in [0.29, 0.717) is 26.3 Å². The third-order valence-electron chi connectivity index (χ3n) is 2.94. The van der Waals surface area contributed by atoms with E-state index in [0.717, 1.165) is 6.54 Å². The van der Waals surface area contributed by atoms with Crippen LogP contribution in [0.2, 0.25) is 0 Å². The van der Waals surface area contributed by atoms with Crippen LogP contribution in [0.5, 0.6) is 0 Å². The maximum absolute atomic E-state index is 12.1. The zero-order valence-electron chi connectivity index (χ0n) is 11.4. The Morgan fingerprint density at radius 3 is 2.68 bits per heavy atom. The van der Waals surface area contributed by atoms with Crippen LogP contribution < -0.4 is 0 Å². The number of ether oxygens (including phenoxy) is 1. The first-order chi connectivity index (χ1) is 8.78. The van der Waals surface area contributed by atoms with E-state index in [-0.39, 0.29) is 5.92 Å². The van der Waals surface area contributed by atoms with Crippen molar-refractivity contribution in [3.05, 3.63) is 0 Å². The number of halogens is 3. The summed E-state index contributed by atoms with van der Waals surface area (Å²) < 4.78 is 41.7. The molecule has 1 aliphatic heterocycles. The van der Waals surface area contributed by atoms with Gasteiger partial charge >= 0.3 is 6.18 Å². The molecule has 1 fully saturated rings. The van der Waals surface area contributed by atoms with E-state index < -0.39 is 24.9 Å². The minimum absolute atomic E-state index is 0.146. The van der Waals surface area contributed by atoms with E-state index in [1.54, 1.807) is 0 Å². The molecule has 0 aromatic carbocycles. The monoisotopic (exact) mass is 282 g/mol. The van der Waals surface area contributed by atoms with Crippen molar-refractivity contribution < 1.29 is 22.7 Å². The van der Waals surface area contributed by atoms with Gasteiger partial charge in [-0.15, -0.1) is 0 Å². The number of carbonyl (C=O) groups is 1. The van der Waals surface area contributed by atoms with Gasteiger partial charge in [0.05, 0.1) is 19.6 Å². The molecule has 0 N–H and O–H groups in total. The van der Waals surface area contributed by atoms with Crippen LogP contribution in [0.3, 0.4) is 0 Å². The fourth-order valence-corrected chi connectivity index (χ4v) is 2.14. The molecule has 19 heavy (non-hydrogen) atoms. The van der Waals surface area contributed by atoms with Crippen LogP contribution in [-0.2, 0) is 9.53 Å². The number of amides is 1. The van der Waals surface area contributed by atoms with E-state index in [1.807, 2.05) is 19.0 Å². The highest BCUT2D eigenvalue weighted by atomic mass is 19.4. The molecule has 0 aromatic heterocycles. The topological polar surface area (TPSA) is 32.8 Å². The summed E-state index contributed by atoms with van der Waals surface area (Å²) in [6, 6.07) is 0. The van der Waals surface area contributed by atoms with Crippen LogP contribution in [-0.4, -0.2) is 68.8 Å². The van der Waals surface area contributed by atoms with E-state index in [9.17, 15) is 18.0 Å². The molecule has 0 bridgehead atoms. The van der Waals surface area contributed by atoms with Gasteiger partial charge in [-0.2, -0.15) is 13.2 Å². The number of rotatable bonds is 4. The Labute approximate surface area is 111 Å². The van der Waals surface area contributed by atoms with Crippen LogP contribution in [0.25, 0.3) is 0 Å². The van der Waals surface area contributed by atoms with Crippen molar-refractivity contribution in [2.75, 3.05) is 46.9 Å². The van der Waals surface area contributed by atoms with Crippen molar-refractivity contribution in [2.45, 2.75) is 19.0 Å². The standard InChI is InChI=1S/C12H21F3N2O2/c1-16(2)7-10-8-17(5-6-19-9-10)11(18)3-4-12(13,14)15/h10H,3-9H2,1-2H3/t10-/m1/s1. The number of hydrogen-bond donors (Lipinski definition) is 0. The van der Waals surface area contributed by atoms with Gasteiger partial charge in [0.1, 0.15) is 0 Å². The highest BCUT2D eigenvalue weighted by molar-refractivity contribution is 5.76. The van der Waals surface area contributed by atoms with Crippen LogP contribution in [0.15, 0.2) is 0 Å². The fraction of sp³-hybridized carbons (Fsp3) is 0.917. The molecule has 0 spiro atoms. The fourth-order valence-electron chi connectivity index (χ4n) is 2.14. The van der Waals surface area contributed by atoms with Crippen molar-refractivity contribution in [2.24, 2.45) is 5.92 Å². The molecule has 112 valence electrons. The van der Waals surface area contributed by atoms with E-state index in [1.165, 1.54) is 4.90 Å². The van der Waals surface area contributed by atoms with Crippen molar-refractivity contribution in [1.29, 1.82) is 0 Å². The Balaban J connectivity index is 2.48. The smallest absolute Gasteiger partial charge is 0.379 e. The summed E-state index contributed by atoms with van der Waals surface area (Å²) in [5, 5.41) is 0. The summed E-state index contributed by atoms with van der Waals surface area (Å²) in [7, 11) is 3.83. The predicted octanol–water partition coefficient (Wildman–Crippen LogP) is 1.37. The Kier molecular flexibility index (Phi) is 6.06. The van der Waals surface area contributed by atoms with Crippen LogP contribution in [0.4, 0.5) is 13.2 Å². The molecule has 0 aliphatic carbocycles.